The molecule has 6 bridgehead atoms. The van der Waals surface area contributed by atoms with E-state index in [0.29, 0.717) is 5.41 Å². The summed E-state index contributed by atoms with van der Waals surface area (Å²) in [7, 11) is 0. The molecule has 6 fully saturated rings. The highest BCUT2D eigenvalue weighted by molar-refractivity contribution is 5.06. The Hall–Kier alpha value is -0.0400. The van der Waals surface area contributed by atoms with Crippen molar-refractivity contribution in [3.05, 3.63) is 0 Å². The Kier molecular flexibility index (Phi) is 2.65. The van der Waals surface area contributed by atoms with Gasteiger partial charge >= 0.3 is 0 Å². The van der Waals surface area contributed by atoms with E-state index >= 15 is 0 Å². The fourth-order valence-corrected chi connectivity index (χ4v) is 7.65. The van der Waals surface area contributed by atoms with Gasteiger partial charge in [0.05, 0.1) is 0 Å². The molecule has 6 rings (SSSR count). The van der Waals surface area contributed by atoms with Crippen LogP contribution in [0.4, 0.5) is 0 Å². The molecule has 112 valence electrons. The van der Waals surface area contributed by atoms with Gasteiger partial charge in [0.1, 0.15) is 0 Å². The average Bonchev–Trinajstić information content (AvgIpc) is 2.99. The maximum Gasteiger partial charge on any atom is 0.0101 e. The van der Waals surface area contributed by atoms with E-state index in [1.165, 1.54) is 19.3 Å². The molecule has 4 unspecified atom stereocenters. The van der Waals surface area contributed by atoms with Gasteiger partial charge in [-0.3, -0.25) is 0 Å². The molecule has 0 heterocycles. The first-order valence-corrected chi connectivity index (χ1v) is 9.46. The second-order valence-corrected chi connectivity index (χ2v) is 9.45. The molecule has 0 aromatic rings. The van der Waals surface area contributed by atoms with E-state index in [2.05, 4.69) is 12.2 Å². The summed E-state index contributed by atoms with van der Waals surface area (Å²) in [6.07, 6.45) is 15.5. The molecule has 0 amide bonds. The van der Waals surface area contributed by atoms with E-state index < -0.39 is 0 Å². The van der Waals surface area contributed by atoms with Gasteiger partial charge in [-0.05, 0) is 99.7 Å². The van der Waals surface area contributed by atoms with Crippen molar-refractivity contribution in [3.8, 4) is 0 Å². The molecule has 0 radical (unpaired) electrons. The van der Waals surface area contributed by atoms with Crippen molar-refractivity contribution < 1.29 is 0 Å². The Labute approximate surface area is 124 Å². The largest absolute Gasteiger partial charge is 0.311 e. The summed E-state index contributed by atoms with van der Waals surface area (Å²) < 4.78 is 0. The van der Waals surface area contributed by atoms with Crippen LogP contribution in [0.1, 0.15) is 71.1 Å². The van der Waals surface area contributed by atoms with Gasteiger partial charge in [-0.1, -0.05) is 6.42 Å². The number of nitrogens with one attached hydrogen (secondary N) is 1. The summed E-state index contributed by atoms with van der Waals surface area (Å²) in [6.45, 7) is 2.55. The fraction of sp³-hybridized carbons (Fsp3) is 1.00. The topological polar surface area (TPSA) is 12.0 Å². The first-order valence-electron chi connectivity index (χ1n) is 9.46. The first kappa shape index (κ1) is 12.5. The smallest absolute Gasteiger partial charge is 0.0101 e. The van der Waals surface area contributed by atoms with Crippen LogP contribution >= 0.6 is 0 Å². The highest BCUT2D eigenvalue weighted by Gasteiger charge is 2.53. The predicted octanol–water partition coefficient (Wildman–Crippen LogP) is 4.37. The van der Waals surface area contributed by atoms with Crippen LogP contribution in [0.2, 0.25) is 0 Å². The zero-order chi connectivity index (χ0) is 13.3. The van der Waals surface area contributed by atoms with Gasteiger partial charge in [0.25, 0.3) is 0 Å². The molecule has 6 saturated carbocycles. The predicted molar refractivity (Wildman–Crippen MR) is 82.4 cm³/mol. The Morgan fingerprint density at radius 1 is 0.800 bits per heavy atom. The Morgan fingerprint density at radius 2 is 1.45 bits per heavy atom. The molecule has 6 aliphatic rings. The Morgan fingerprint density at radius 3 is 1.95 bits per heavy atom. The molecule has 0 saturated heterocycles. The van der Waals surface area contributed by atoms with E-state index in [4.69, 9.17) is 0 Å². The average molecular weight is 273 g/mol. The summed E-state index contributed by atoms with van der Waals surface area (Å²) >= 11 is 0. The second kappa shape index (κ2) is 4.24. The van der Waals surface area contributed by atoms with Gasteiger partial charge in [-0.15, -0.1) is 0 Å². The SMILES string of the molecule is CC(NC1CC2CCC1C2)C12CC3CC(CC(C3)C1)C2. The monoisotopic (exact) mass is 273 g/mol. The van der Waals surface area contributed by atoms with Crippen LogP contribution in [-0.4, -0.2) is 12.1 Å². The van der Waals surface area contributed by atoms with Crippen LogP contribution in [0.25, 0.3) is 0 Å². The molecule has 1 N–H and O–H groups in total. The molecule has 0 aliphatic heterocycles. The zero-order valence-corrected chi connectivity index (χ0v) is 13.1. The summed E-state index contributed by atoms with van der Waals surface area (Å²) in [5, 5.41) is 4.17. The van der Waals surface area contributed by atoms with Crippen molar-refractivity contribution in [1.29, 1.82) is 0 Å². The van der Waals surface area contributed by atoms with Gasteiger partial charge in [0, 0.05) is 12.1 Å². The minimum atomic E-state index is 0.705. The summed E-state index contributed by atoms with van der Waals surface area (Å²) in [5.74, 6) is 5.43. The van der Waals surface area contributed by atoms with E-state index in [1.807, 2.05) is 0 Å². The summed E-state index contributed by atoms with van der Waals surface area (Å²) in [4.78, 5) is 0. The zero-order valence-electron chi connectivity index (χ0n) is 13.1. The second-order valence-electron chi connectivity index (χ2n) is 9.45. The van der Waals surface area contributed by atoms with Crippen molar-refractivity contribution >= 4 is 0 Å². The van der Waals surface area contributed by atoms with Gasteiger partial charge in [-0.25, -0.2) is 0 Å². The van der Waals surface area contributed by atoms with Gasteiger partial charge in [-0.2, -0.15) is 0 Å². The highest BCUT2D eigenvalue weighted by atomic mass is 15.0. The quantitative estimate of drug-likeness (QED) is 0.805. The summed E-state index contributed by atoms with van der Waals surface area (Å²) in [5.41, 5.74) is 0.705. The van der Waals surface area contributed by atoms with Crippen molar-refractivity contribution in [2.24, 2.45) is 35.0 Å². The van der Waals surface area contributed by atoms with Crippen LogP contribution in [0.5, 0.6) is 0 Å². The standard InChI is InChI=1S/C19H31N/c1-12(20-18-8-13-2-3-17(18)7-13)19-9-14-4-15(10-19)6-16(5-14)11-19/h12-18,20H,2-11H2,1H3. The number of rotatable bonds is 3. The summed E-state index contributed by atoms with van der Waals surface area (Å²) in [6, 6.07) is 1.68. The molecule has 6 aliphatic carbocycles. The molecular formula is C19H31N. The van der Waals surface area contributed by atoms with E-state index in [1.54, 1.807) is 44.9 Å². The fourth-order valence-electron chi connectivity index (χ4n) is 7.65. The van der Waals surface area contributed by atoms with E-state index in [0.717, 1.165) is 41.7 Å². The van der Waals surface area contributed by atoms with Crippen LogP contribution in [-0.2, 0) is 0 Å². The lowest BCUT2D eigenvalue weighted by Gasteiger charge is -2.59. The van der Waals surface area contributed by atoms with Crippen LogP contribution in [0.3, 0.4) is 0 Å². The van der Waals surface area contributed by atoms with Crippen molar-refractivity contribution in [2.45, 2.75) is 83.2 Å². The minimum Gasteiger partial charge on any atom is -0.311 e. The molecule has 1 nitrogen and oxygen atoms in total. The normalized spacial score (nSPS) is 57.5. The molecular weight excluding hydrogens is 242 g/mol. The maximum atomic E-state index is 4.17. The van der Waals surface area contributed by atoms with Gasteiger partial charge in [0.2, 0.25) is 0 Å². The number of fused-ring (bicyclic) bond motifs is 2. The Bertz CT molecular complexity index is 365. The lowest BCUT2D eigenvalue weighted by atomic mass is 9.48. The van der Waals surface area contributed by atoms with Crippen molar-refractivity contribution in [1.82, 2.24) is 5.32 Å². The molecule has 0 aromatic heterocycles. The van der Waals surface area contributed by atoms with Gasteiger partial charge < -0.3 is 5.32 Å². The number of hydrogen-bond donors (Lipinski definition) is 1. The highest BCUT2D eigenvalue weighted by Crippen LogP contribution is 2.61. The van der Waals surface area contributed by atoms with Crippen LogP contribution < -0.4 is 5.32 Å². The Balaban J connectivity index is 1.32. The van der Waals surface area contributed by atoms with Crippen LogP contribution in [0.15, 0.2) is 0 Å². The van der Waals surface area contributed by atoms with Crippen molar-refractivity contribution in [2.75, 3.05) is 0 Å². The maximum absolute atomic E-state index is 4.17. The van der Waals surface area contributed by atoms with Crippen LogP contribution in [0, 0.1) is 35.0 Å². The lowest BCUT2D eigenvalue weighted by molar-refractivity contribution is -0.0730. The van der Waals surface area contributed by atoms with Gasteiger partial charge in [0.15, 0.2) is 0 Å². The minimum absolute atomic E-state index is 0.705. The third-order valence-electron chi connectivity index (χ3n) is 8.21. The lowest BCUT2D eigenvalue weighted by Crippen LogP contribution is -2.57. The third-order valence-corrected chi connectivity index (χ3v) is 8.21. The van der Waals surface area contributed by atoms with E-state index in [9.17, 15) is 0 Å². The number of hydrogen-bond acceptors (Lipinski definition) is 1. The van der Waals surface area contributed by atoms with Crippen molar-refractivity contribution in [3.63, 3.8) is 0 Å². The molecule has 20 heavy (non-hydrogen) atoms. The molecule has 0 spiro atoms. The molecule has 0 aromatic carbocycles. The third kappa shape index (κ3) is 1.77. The first-order chi connectivity index (χ1) is 9.70. The van der Waals surface area contributed by atoms with E-state index in [-0.39, 0.29) is 0 Å². The molecule has 1 heteroatoms. The molecule has 4 atom stereocenters.